The van der Waals surface area contributed by atoms with Crippen molar-refractivity contribution in [2.45, 2.75) is 37.8 Å². The number of para-hydroxylation sites is 1. The largest absolute Gasteiger partial charge is 0.484 e. The summed E-state index contributed by atoms with van der Waals surface area (Å²) >= 11 is 6.85. The number of hydrogen-bond acceptors (Lipinski definition) is 9. The van der Waals surface area contributed by atoms with E-state index in [9.17, 15) is 9.36 Å². The molecule has 0 bridgehead atoms. The SMILES string of the molecule is C=CC(=O)Nc1cc(NC2NCC(Cl)C(Nc3ccccc3P(C)(C)=O)N2CC)c(C)cc1OC(COC)CN(C)C. The molecule has 4 atom stereocenters. The molecule has 0 aromatic heterocycles. The maximum atomic E-state index is 13.0. The molecule has 1 heterocycles. The number of alkyl halides is 1. The van der Waals surface area contributed by atoms with Crippen molar-refractivity contribution in [1.29, 1.82) is 0 Å². The van der Waals surface area contributed by atoms with Gasteiger partial charge in [-0.05, 0) is 70.3 Å². The number of halogens is 1. The van der Waals surface area contributed by atoms with Crippen molar-refractivity contribution in [3.63, 3.8) is 0 Å². The number of hydrogen-bond donors (Lipinski definition) is 4. The highest BCUT2D eigenvalue weighted by molar-refractivity contribution is 7.70. The molecule has 1 fully saturated rings. The van der Waals surface area contributed by atoms with Gasteiger partial charge in [-0.1, -0.05) is 25.6 Å². The molecule has 0 aliphatic carbocycles. The average Bonchev–Trinajstić information content (AvgIpc) is 2.92. The number of nitrogens with one attached hydrogen (secondary N) is 4. The van der Waals surface area contributed by atoms with Gasteiger partial charge in [-0.15, -0.1) is 11.6 Å². The number of anilines is 3. The number of rotatable bonds is 14. The van der Waals surface area contributed by atoms with Gasteiger partial charge in [0.05, 0.1) is 23.8 Å². The van der Waals surface area contributed by atoms with E-state index in [0.29, 0.717) is 37.7 Å². The molecular weight excluding hydrogens is 575 g/mol. The predicted molar refractivity (Wildman–Crippen MR) is 175 cm³/mol. The van der Waals surface area contributed by atoms with E-state index in [2.05, 4.69) is 39.7 Å². The summed E-state index contributed by atoms with van der Waals surface area (Å²) in [6.07, 6.45) is 0.459. The molecule has 2 aromatic rings. The van der Waals surface area contributed by atoms with Crippen LogP contribution < -0.4 is 31.3 Å². The first-order valence-electron chi connectivity index (χ1n) is 14.1. The van der Waals surface area contributed by atoms with E-state index in [0.717, 1.165) is 22.2 Å². The molecule has 1 saturated heterocycles. The minimum Gasteiger partial charge on any atom is -0.484 e. The number of amides is 1. The molecule has 10 nitrogen and oxygen atoms in total. The van der Waals surface area contributed by atoms with Crippen LogP contribution in [0.5, 0.6) is 5.75 Å². The van der Waals surface area contributed by atoms with Crippen LogP contribution >= 0.6 is 18.7 Å². The summed E-state index contributed by atoms with van der Waals surface area (Å²) in [6.45, 7) is 13.4. The van der Waals surface area contributed by atoms with Crippen LogP contribution in [0.2, 0.25) is 0 Å². The zero-order chi connectivity index (χ0) is 31.0. The Labute approximate surface area is 255 Å². The first-order valence-corrected chi connectivity index (χ1v) is 17.1. The van der Waals surface area contributed by atoms with Crippen LogP contribution in [0.3, 0.4) is 0 Å². The third kappa shape index (κ3) is 8.96. The van der Waals surface area contributed by atoms with Crippen LogP contribution in [-0.4, -0.2) is 100 Å². The lowest BCUT2D eigenvalue weighted by Gasteiger charge is -2.46. The van der Waals surface area contributed by atoms with Crippen molar-refractivity contribution in [1.82, 2.24) is 15.1 Å². The molecule has 1 aliphatic rings. The Morgan fingerprint density at radius 1 is 1.24 bits per heavy atom. The molecule has 3 rings (SSSR count). The number of methoxy groups -OCH3 is 1. The van der Waals surface area contributed by atoms with E-state index in [4.69, 9.17) is 21.1 Å². The van der Waals surface area contributed by atoms with Gasteiger partial charge in [-0.2, -0.15) is 0 Å². The summed E-state index contributed by atoms with van der Waals surface area (Å²) in [5.74, 6) is 0.204. The fourth-order valence-electron chi connectivity index (χ4n) is 4.99. The zero-order valence-electron chi connectivity index (χ0n) is 25.7. The van der Waals surface area contributed by atoms with Gasteiger partial charge in [-0.3, -0.25) is 10.1 Å². The molecule has 232 valence electrons. The molecule has 0 spiro atoms. The van der Waals surface area contributed by atoms with Crippen molar-refractivity contribution < 1.29 is 18.8 Å². The van der Waals surface area contributed by atoms with Crippen LogP contribution in [0.15, 0.2) is 49.1 Å². The summed E-state index contributed by atoms with van der Waals surface area (Å²) in [5.41, 5.74) is 3.08. The minimum absolute atomic E-state index is 0.241. The number of carbonyl (C=O) groups is 1. The number of nitrogens with zero attached hydrogens (tertiary/aromatic N) is 2. The summed E-state index contributed by atoms with van der Waals surface area (Å²) < 4.78 is 24.7. The topological polar surface area (TPSA) is 107 Å². The molecule has 12 heteroatoms. The first kappa shape index (κ1) is 33.9. The monoisotopic (exact) mass is 620 g/mol. The summed E-state index contributed by atoms with van der Waals surface area (Å²) in [4.78, 5) is 16.6. The van der Waals surface area contributed by atoms with Crippen LogP contribution in [0, 0.1) is 6.92 Å². The van der Waals surface area contributed by atoms with E-state index < -0.39 is 7.14 Å². The number of ether oxygens (including phenoxy) is 2. The fraction of sp³-hybridized carbons (Fsp3) is 0.500. The van der Waals surface area contributed by atoms with Crippen molar-refractivity contribution in [3.8, 4) is 5.75 Å². The Hall–Kier alpha value is -2.59. The molecular formula is C30H46ClN6O4P. The third-order valence-electron chi connectivity index (χ3n) is 6.97. The normalized spacial score (nSPS) is 20.2. The fourth-order valence-corrected chi connectivity index (χ4v) is 6.45. The lowest BCUT2D eigenvalue weighted by atomic mass is 10.1. The Morgan fingerprint density at radius 2 is 1.95 bits per heavy atom. The molecule has 4 unspecified atom stereocenters. The van der Waals surface area contributed by atoms with Crippen molar-refractivity contribution in [2.75, 3.05) is 76.7 Å². The van der Waals surface area contributed by atoms with E-state index in [1.54, 1.807) is 20.4 Å². The van der Waals surface area contributed by atoms with Crippen LogP contribution in [0.4, 0.5) is 17.1 Å². The number of benzene rings is 2. The quantitative estimate of drug-likeness (QED) is 0.142. The second-order valence-corrected chi connectivity index (χ2v) is 14.8. The highest BCUT2D eigenvalue weighted by atomic mass is 35.5. The van der Waals surface area contributed by atoms with Gasteiger partial charge in [0.2, 0.25) is 5.91 Å². The third-order valence-corrected chi connectivity index (χ3v) is 8.91. The van der Waals surface area contributed by atoms with E-state index in [-0.39, 0.29) is 29.8 Å². The Balaban J connectivity index is 1.92. The van der Waals surface area contributed by atoms with Crippen molar-refractivity contribution in [2.24, 2.45) is 0 Å². The standard InChI is InChI=1S/C30H46ClN6O4P/c1-9-28(38)33-25-16-24(20(3)15-26(25)41-21(19-40-6)18-36(4)5)35-30-32-17-22(31)29(37(30)10-2)34-23-13-11-12-14-27(23)42(7,8)39/h9,11-16,21-22,29-30,32,34-35H,1,10,17-19H2,2-8H3,(H,33,38). The number of carbonyl (C=O) groups excluding carboxylic acids is 1. The molecule has 4 N–H and O–H groups in total. The Morgan fingerprint density at radius 3 is 2.57 bits per heavy atom. The van der Waals surface area contributed by atoms with E-state index >= 15 is 0 Å². The van der Waals surface area contributed by atoms with Gasteiger partial charge in [0.1, 0.15) is 25.3 Å². The predicted octanol–water partition coefficient (Wildman–Crippen LogP) is 3.99. The van der Waals surface area contributed by atoms with Crippen LogP contribution in [-0.2, 0) is 14.1 Å². The maximum Gasteiger partial charge on any atom is 0.247 e. The zero-order valence-corrected chi connectivity index (χ0v) is 27.4. The number of aryl methyl sites for hydroxylation is 1. The molecule has 42 heavy (non-hydrogen) atoms. The molecule has 1 amide bonds. The van der Waals surface area contributed by atoms with E-state index in [1.807, 2.05) is 62.3 Å². The van der Waals surface area contributed by atoms with Crippen LogP contribution in [0.25, 0.3) is 0 Å². The summed E-state index contributed by atoms with van der Waals surface area (Å²) in [7, 11) is 3.06. The smallest absolute Gasteiger partial charge is 0.247 e. The average molecular weight is 621 g/mol. The maximum absolute atomic E-state index is 13.0. The lowest BCUT2D eigenvalue weighted by molar-refractivity contribution is -0.111. The molecule has 0 saturated carbocycles. The minimum atomic E-state index is -2.51. The van der Waals surface area contributed by atoms with Gasteiger partial charge in [-0.25, -0.2) is 4.90 Å². The highest BCUT2D eigenvalue weighted by Crippen LogP contribution is 2.38. The Kier molecular flexibility index (Phi) is 12.3. The Bertz CT molecular complexity index is 1270. The lowest BCUT2D eigenvalue weighted by Crippen LogP contribution is -2.66. The van der Waals surface area contributed by atoms with Crippen molar-refractivity contribution in [3.05, 3.63) is 54.6 Å². The van der Waals surface area contributed by atoms with E-state index in [1.165, 1.54) is 6.08 Å². The van der Waals surface area contributed by atoms with Gasteiger partial charge < -0.3 is 34.9 Å². The van der Waals surface area contributed by atoms with Gasteiger partial charge >= 0.3 is 0 Å². The van der Waals surface area contributed by atoms with Gasteiger partial charge in [0.15, 0.2) is 0 Å². The van der Waals surface area contributed by atoms with Gasteiger partial charge in [0.25, 0.3) is 0 Å². The highest BCUT2D eigenvalue weighted by Gasteiger charge is 2.36. The molecule has 1 aliphatic heterocycles. The second-order valence-electron chi connectivity index (χ2n) is 11.1. The second kappa shape index (κ2) is 15.2. The molecule has 0 radical (unpaired) electrons. The summed E-state index contributed by atoms with van der Waals surface area (Å²) in [5, 5.41) is 14.1. The summed E-state index contributed by atoms with van der Waals surface area (Å²) in [6, 6.07) is 11.5. The van der Waals surface area contributed by atoms with Crippen molar-refractivity contribution >= 4 is 47.0 Å². The molecule has 2 aromatic carbocycles. The first-order chi connectivity index (χ1) is 19.9. The number of likely N-dealkylation sites (N-methyl/N-ethyl adjacent to an activating group) is 1. The van der Waals surface area contributed by atoms with Gasteiger partial charge in [0, 0.05) is 43.4 Å². The van der Waals surface area contributed by atoms with Crippen LogP contribution in [0.1, 0.15) is 12.5 Å².